The fraction of sp³-hybridized carbons (Fsp3) is 0.118. The lowest BCUT2D eigenvalue weighted by atomic mass is 10.1. The Morgan fingerprint density at radius 2 is 1.90 bits per heavy atom. The van der Waals surface area contributed by atoms with E-state index in [1.807, 2.05) is 42.5 Å². The zero-order valence-corrected chi connectivity index (χ0v) is 11.7. The molecule has 0 saturated carbocycles. The van der Waals surface area contributed by atoms with E-state index in [0.717, 1.165) is 28.3 Å². The second kappa shape index (κ2) is 6.13. The minimum absolute atomic E-state index is 0.714. The van der Waals surface area contributed by atoms with E-state index < -0.39 is 0 Å². The quantitative estimate of drug-likeness (QED) is 0.768. The van der Waals surface area contributed by atoms with Crippen molar-refractivity contribution >= 4 is 5.69 Å². The molecular weight excluding hydrogens is 264 g/mol. The molecule has 0 aliphatic carbocycles. The molecule has 0 spiro atoms. The van der Waals surface area contributed by atoms with Gasteiger partial charge in [-0.05, 0) is 30.3 Å². The highest BCUT2D eigenvalue weighted by Crippen LogP contribution is 2.22. The van der Waals surface area contributed by atoms with E-state index in [9.17, 15) is 0 Å². The van der Waals surface area contributed by atoms with Crippen molar-refractivity contribution < 1.29 is 9.15 Å². The number of hydrogen-bond acceptors (Lipinski definition) is 4. The van der Waals surface area contributed by atoms with Crippen molar-refractivity contribution in [1.29, 1.82) is 0 Å². The number of benzene rings is 2. The highest BCUT2D eigenvalue weighted by molar-refractivity contribution is 5.60. The maximum atomic E-state index is 5.34. The number of nitrogens with one attached hydrogen (secondary N) is 1. The Bertz CT molecular complexity index is 691. The van der Waals surface area contributed by atoms with E-state index >= 15 is 0 Å². The van der Waals surface area contributed by atoms with Crippen LogP contribution in [0, 0.1) is 0 Å². The van der Waals surface area contributed by atoms with Gasteiger partial charge in [-0.1, -0.05) is 18.2 Å². The van der Waals surface area contributed by atoms with Crippen molar-refractivity contribution in [1.82, 2.24) is 4.98 Å². The molecule has 106 valence electrons. The van der Waals surface area contributed by atoms with Gasteiger partial charge in [0.1, 0.15) is 5.75 Å². The van der Waals surface area contributed by atoms with Gasteiger partial charge in [0.05, 0.1) is 13.3 Å². The van der Waals surface area contributed by atoms with Crippen LogP contribution in [0.15, 0.2) is 65.5 Å². The van der Waals surface area contributed by atoms with Crippen LogP contribution in [0.4, 0.5) is 5.69 Å². The monoisotopic (exact) mass is 280 g/mol. The van der Waals surface area contributed by atoms with Crippen LogP contribution in [0.1, 0.15) is 5.56 Å². The molecule has 0 aliphatic heterocycles. The first-order valence-corrected chi connectivity index (χ1v) is 6.71. The summed E-state index contributed by atoms with van der Waals surface area (Å²) in [6.07, 6.45) is 3.14. The van der Waals surface area contributed by atoms with Gasteiger partial charge in [-0.3, -0.25) is 0 Å². The number of oxazole rings is 1. The fourth-order valence-electron chi connectivity index (χ4n) is 2.16. The van der Waals surface area contributed by atoms with Crippen molar-refractivity contribution in [2.24, 2.45) is 0 Å². The molecule has 2 aromatic carbocycles. The smallest absolute Gasteiger partial charge is 0.181 e. The largest absolute Gasteiger partial charge is 0.496 e. The number of hydrogen-bond donors (Lipinski definition) is 1. The van der Waals surface area contributed by atoms with Crippen LogP contribution >= 0.6 is 0 Å². The van der Waals surface area contributed by atoms with Crippen LogP contribution in [0.3, 0.4) is 0 Å². The van der Waals surface area contributed by atoms with Gasteiger partial charge in [-0.25, -0.2) is 4.98 Å². The normalized spacial score (nSPS) is 10.3. The maximum Gasteiger partial charge on any atom is 0.181 e. The number of aromatic nitrogens is 1. The first kappa shape index (κ1) is 13.2. The predicted octanol–water partition coefficient (Wildman–Crippen LogP) is 3.96. The molecule has 0 fully saturated rings. The molecule has 0 saturated heterocycles. The topological polar surface area (TPSA) is 47.3 Å². The van der Waals surface area contributed by atoms with E-state index in [-0.39, 0.29) is 0 Å². The molecule has 1 aromatic heterocycles. The lowest BCUT2D eigenvalue weighted by molar-refractivity contribution is 0.410. The summed E-state index contributed by atoms with van der Waals surface area (Å²) in [5.41, 5.74) is 3.18. The van der Waals surface area contributed by atoms with Gasteiger partial charge in [0.2, 0.25) is 0 Å². The van der Waals surface area contributed by atoms with Crippen LogP contribution < -0.4 is 10.1 Å². The lowest BCUT2D eigenvalue weighted by Gasteiger charge is -2.10. The van der Waals surface area contributed by atoms with Crippen LogP contribution in [0.5, 0.6) is 5.75 Å². The highest BCUT2D eigenvalue weighted by Gasteiger charge is 2.03. The number of ether oxygens (including phenoxy) is 1. The number of anilines is 1. The van der Waals surface area contributed by atoms with Crippen molar-refractivity contribution in [3.8, 4) is 17.1 Å². The summed E-state index contributed by atoms with van der Waals surface area (Å²) in [7, 11) is 1.69. The van der Waals surface area contributed by atoms with Crippen LogP contribution in [0.25, 0.3) is 11.3 Å². The number of nitrogens with zero attached hydrogens (tertiary/aromatic N) is 1. The van der Waals surface area contributed by atoms with E-state index in [0.29, 0.717) is 6.54 Å². The molecule has 0 atom stereocenters. The van der Waals surface area contributed by atoms with Crippen LogP contribution in [0.2, 0.25) is 0 Å². The maximum absolute atomic E-state index is 5.34. The molecule has 3 rings (SSSR count). The molecular formula is C17H16N2O2. The standard InChI is InChI=1S/C17H16N2O2/c1-20-16-5-3-2-4-14(16)10-19-15-8-6-13(7-9-15)17-11-18-12-21-17/h2-9,11-12,19H,10H2,1H3. The molecule has 0 radical (unpaired) electrons. The molecule has 21 heavy (non-hydrogen) atoms. The summed E-state index contributed by atoms with van der Waals surface area (Å²) in [6.45, 7) is 0.714. The van der Waals surface area contributed by atoms with E-state index in [4.69, 9.17) is 9.15 Å². The Morgan fingerprint density at radius 1 is 1.10 bits per heavy atom. The van der Waals surface area contributed by atoms with Gasteiger partial charge in [0.15, 0.2) is 12.2 Å². The molecule has 1 N–H and O–H groups in total. The second-order valence-corrected chi connectivity index (χ2v) is 4.61. The highest BCUT2D eigenvalue weighted by atomic mass is 16.5. The molecule has 0 bridgehead atoms. The Hall–Kier alpha value is -2.75. The lowest BCUT2D eigenvalue weighted by Crippen LogP contribution is -2.01. The molecule has 3 aromatic rings. The van der Waals surface area contributed by atoms with Gasteiger partial charge in [-0.2, -0.15) is 0 Å². The van der Waals surface area contributed by atoms with Crippen molar-refractivity contribution in [3.63, 3.8) is 0 Å². The molecule has 1 heterocycles. The van der Waals surface area contributed by atoms with E-state index in [2.05, 4.69) is 16.4 Å². The minimum Gasteiger partial charge on any atom is -0.496 e. The molecule has 0 aliphatic rings. The van der Waals surface area contributed by atoms with Crippen molar-refractivity contribution in [3.05, 3.63) is 66.7 Å². The second-order valence-electron chi connectivity index (χ2n) is 4.61. The summed E-state index contributed by atoms with van der Waals surface area (Å²) in [4.78, 5) is 3.92. The van der Waals surface area contributed by atoms with Gasteiger partial charge in [0, 0.05) is 23.4 Å². The zero-order chi connectivity index (χ0) is 14.5. The number of methoxy groups -OCH3 is 1. The van der Waals surface area contributed by atoms with E-state index in [1.54, 1.807) is 13.3 Å². The fourth-order valence-corrected chi connectivity index (χ4v) is 2.16. The Kier molecular flexibility index (Phi) is 3.87. The third kappa shape index (κ3) is 3.05. The van der Waals surface area contributed by atoms with Crippen molar-refractivity contribution in [2.75, 3.05) is 12.4 Å². The first-order valence-electron chi connectivity index (χ1n) is 6.71. The summed E-state index contributed by atoms with van der Waals surface area (Å²) in [5, 5.41) is 3.38. The van der Waals surface area contributed by atoms with Crippen molar-refractivity contribution in [2.45, 2.75) is 6.54 Å². The van der Waals surface area contributed by atoms with E-state index in [1.165, 1.54) is 6.39 Å². The van der Waals surface area contributed by atoms with Gasteiger partial charge < -0.3 is 14.5 Å². The molecule has 0 amide bonds. The predicted molar refractivity (Wildman–Crippen MR) is 82.3 cm³/mol. The Balaban J connectivity index is 1.68. The SMILES string of the molecule is COc1ccccc1CNc1ccc(-c2cnco2)cc1. The third-order valence-corrected chi connectivity index (χ3v) is 3.28. The minimum atomic E-state index is 0.714. The average molecular weight is 280 g/mol. The Labute approximate surface area is 123 Å². The average Bonchev–Trinajstić information content (AvgIpc) is 3.08. The third-order valence-electron chi connectivity index (χ3n) is 3.28. The van der Waals surface area contributed by atoms with Gasteiger partial charge >= 0.3 is 0 Å². The zero-order valence-electron chi connectivity index (χ0n) is 11.7. The Morgan fingerprint density at radius 3 is 2.62 bits per heavy atom. The van der Waals surface area contributed by atoms with Gasteiger partial charge in [0.25, 0.3) is 0 Å². The molecule has 0 unspecified atom stereocenters. The van der Waals surface area contributed by atoms with Gasteiger partial charge in [-0.15, -0.1) is 0 Å². The summed E-state index contributed by atoms with van der Waals surface area (Å²) < 4.78 is 10.6. The number of para-hydroxylation sites is 1. The summed E-state index contributed by atoms with van der Waals surface area (Å²) >= 11 is 0. The number of rotatable bonds is 5. The first-order chi connectivity index (χ1) is 10.4. The summed E-state index contributed by atoms with van der Waals surface area (Å²) in [6, 6.07) is 16.0. The molecule has 4 heteroatoms. The van der Waals surface area contributed by atoms with Crippen LogP contribution in [-0.4, -0.2) is 12.1 Å². The van der Waals surface area contributed by atoms with Crippen LogP contribution in [-0.2, 0) is 6.54 Å². The molecule has 4 nitrogen and oxygen atoms in total. The summed E-state index contributed by atoms with van der Waals surface area (Å²) in [5.74, 6) is 1.66.